The van der Waals surface area contributed by atoms with Gasteiger partial charge in [0.2, 0.25) is 0 Å². The van der Waals surface area contributed by atoms with Crippen LogP contribution < -0.4 is 5.32 Å². The second-order valence-corrected chi connectivity index (χ2v) is 5.49. The van der Waals surface area contributed by atoms with E-state index in [1.54, 1.807) is 12.4 Å². The zero-order chi connectivity index (χ0) is 14.4. The highest BCUT2D eigenvalue weighted by Gasteiger charge is 2.24. The first-order valence-electron chi connectivity index (χ1n) is 7.73. The standard InChI is InChI=1S/C16H25N3O/c1-3-9-18-15-11-17-10-8-14(15)16(20)19(4-2)12-13-6-5-7-13/h8,10-11,13,18H,3-7,9,12H2,1-2H3. The van der Waals surface area contributed by atoms with Gasteiger partial charge in [-0.25, -0.2) is 0 Å². The molecule has 1 aliphatic carbocycles. The van der Waals surface area contributed by atoms with Gasteiger partial charge in [0.1, 0.15) is 0 Å². The lowest BCUT2D eigenvalue weighted by atomic mass is 9.85. The van der Waals surface area contributed by atoms with Gasteiger partial charge < -0.3 is 10.2 Å². The number of hydrogen-bond acceptors (Lipinski definition) is 3. The molecular weight excluding hydrogens is 250 g/mol. The first-order valence-corrected chi connectivity index (χ1v) is 7.73. The normalized spacial score (nSPS) is 14.7. The van der Waals surface area contributed by atoms with Gasteiger partial charge in [-0.15, -0.1) is 0 Å². The summed E-state index contributed by atoms with van der Waals surface area (Å²) in [7, 11) is 0. The maximum absolute atomic E-state index is 12.7. The molecule has 1 aromatic rings. The van der Waals surface area contributed by atoms with E-state index in [-0.39, 0.29) is 5.91 Å². The van der Waals surface area contributed by atoms with E-state index in [2.05, 4.69) is 24.1 Å². The number of amides is 1. The van der Waals surface area contributed by atoms with Crippen LogP contribution in [0.1, 0.15) is 49.9 Å². The molecule has 4 heteroatoms. The molecule has 1 heterocycles. The van der Waals surface area contributed by atoms with Crippen LogP contribution in [0.25, 0.3) is 0 Å². The van der Waals surface area contributed by atoms with Crippen molar-refractivity contribution in [1.82, 2.24) is 9.88 Å². The molecule has 1 fully saturated rings. The Balaban J connectivity index is 2.09. The van der Waals surface area contributed by atoms with Gasteiger partial charge in [0, 0.05) is 25.8 Å². The van der Waals surface area contributed by atoms with E-state index in [1.165, 1.54) is 19.3 Å². The fraction of sp³-hybridized carbons (Fsp3) is 0.625. The maximum atomic E-state index is 12.7. The second kappa shape index (κ2) is 7.27. The molecule has 1 aromatic heterocycles. The molecule has 20 heavy (non-hydrogen) atoms. The summed E-state index contributed by atoms with van der Waals surface area (Å²) in [5, 5.41) is 3.29. The molecule has 1 saturated carbocycles. The zero-order valence-electron chi connectivity index (χ0n) is 12.6. The minimum Gasteiger partial charge on any atom is -0.383 e. The molecule has 0 radical (unpaired) electrons. The number of rotatable bonds is 7. The minimum absolute atomic E-state index is 0.125. The number of nitrogens with zero attached hydrogens (tertiary/aromatic N) is 2. The van der Waals surface area contributed by atoms with Gasteiger partial charge in [0.15, 0.2) is 0 Å². The molecule has 0 atom stereocenters. The molecule has 0 aromatic carbocycles. The molecule has 4 nitrogen and oxygen atoms in total. The Labute approximate surface area is 121 Å². The van der Waals surface area contributed by atoms with E-state index in [0.717, 1.165) is 37.3 Å². The highest BCUT2D eigenvalue weighted by atomic mass is 16.2. The van der Waals surface area contributed by atoms with Crippen LogP contribution >= 0.6 is 0 Å². The first kappa shape index (κ1) is 14.8. The first-order chi connectivity index (χ1) is 9.76. The molecule has 1 aliphatic rings. The van der Waals surface area contributed by atoms with Crippen molar-refractivity contribution in [3.63, 3.8) is 0 Å². The Kier molecular flexibility index (Phi) is 5.39. The van der Waals surface area contributed by atoms with Crippen molar-refractivity contribution in [2.24, 2.45) is 5.92 Å². The number of carbonyl (C=O) groups is 1. The quantitative estimate of drug-likeness (QED) is 0.831. The number of nitrogens with one attached hydrogen (secondary N) is 1. The number of pyridine rings is 1. The summed E-state index contributed by atoms with van der Waals surface area (Å²) in [5.41, 5.74) is 1.60. The summed E-state index contributed by atoms with van der Waals surface area (Å²) in [6, 6.07) is 1.82. The van der Waals surface area contributed by atoms with E-state index in [0.29, 0.717) is 5.92 Å². The van der Waals surface area contributed by atoms with Crippen molar-refractivity contribution in [3.05, 3.63) is 24.0 Å². The molecule has 1 N–H and O–H groups in total. The molecule has 1 amide bonds. The third-order valence-corrected chi connectivity index (χ3v) is 3.99. The second-order valence-electron chi connectivity index (χ2n) is 5.49. The third-order valence-electron chi connectivity index (χ3n) is 3.99. The lowest BCUT2D eigenvalue weighted by Crippen LogP contribution is -2.37. The molecular formula is C16H25N3O. The predicted octanol–water partition coefficient (Wildman–Crippen LogP) is 3.17. The lowest BCUT2D eigenvalue weighted by Gasteiger charge is -2.32. The molecule has 0 saturated heterocycles. The van der Waals surface area contributed by atoms with Crippen LogP contribution in [0, 0.1) is 5.92 Å². The Hall–Kier alpha value is -1.58. The van der Waals surface area contributed by atoms with Crippen molar-refractivity contribution in [2.75, 3.05) is 25.0 Å². The number of anilines is 1. The Morgan fingerprint density at radius 1 is 1.45 bits per heavy atom. The number of aromatic nitrogens is 1. The fourth-order valence-electron chi connectivity index (χ4n) is 2.49. The fourth-order valence-corrected chi connectivity index (χ4v) is 2.49. The van der Waals surface area contributed by atoms with Gasteiger partial charge in [-0.2, -0.15) is 0 Å². The summed E-state index contributed by atoms with van der Waals surface area (Å²) in [6.07, 6.45) is 8.32. The average molecular weight is 275 g/mol. The van der Waals surface area contributed by atoms with Crippen LogP contribution in [0.2, 0.25) is 0 Å². The summed E-state index contributed by atoms with van der Waals surface area (Å²) in [4.78, 5) is 18.8. The topological polar surface area (TPSA) is 45.2 Å². The summed E-state index contributed by atoms with van der Waals surface area (Å²) in [5.74, 6) is 0.827. The molecule has 0 spiro atoms. The predicted molar refractivity (Wildman–Crippen MR) is 81.9 cm³/mol. The van der Waals surface area contributed by atoms with Gasteiger partial charge in [-0.3, -0.25) is 9.78 Å². The Bertz CT molecular complexity index is 443. The van der Waals surface area contributed by atoms with Crippen LogP contribution in [-0.4, -0.2) is 35.4 Å². The third kappa shape index (κ3) is 3.50. The van der Waals surface area contributed by atoms with E-state index in [1.807, 2.05) is 11.0 Å². The number of hydrogen-bond donors (Lipinski definition) is 1. The highest BCUT2D eigenvalue weighted by Crippen LogP contribution is 2.28. The van der Waals surface area contributed by atoms with Crippen LogP contribution in [-0.2, 0) is 0 Å². The summed E-state index contributed by atoms with van der Waals surface area (Å²) >= 11 is 0. The monoisotopic (exact) mass is 275 g/mol. The van der Waals surface area contributed by atoms with Gasteiger partial charge in [-0.05, 0) is 38.2 Å². The van der Waals surface area contributed by atoms with Crippen LogP contribution in [0.15, 0.2) is 18.5 Å². The van der Waals surface area contributed by atoms with E-state index in [4.69, 9.17) is 0 Å². The van der Waals surface area contributed by atoms with Gasteiger partial charge in [-0.1, -0.05) is 13.3 Å². The van der Waals surface area contributed by atoms with E-state index < -0.39 is 0 Å². The molecule has 0 unspecified atom stereocenters. The summed E-state index contributed by atoms with van der Waals surface area (Å²) < 4.78 is 0. The van der Waals surface area contributed by atoms with Crippen molar-refractivity contribution in [3.8, 4) is 0 Å². The SMILES string of the molecule is CCCNc1cnccc1C(=O)N(CC)CC1CCC1. The van der Waals surface area contributed by atoms with Gasteiger partial charge in [0.05, 0.1) is 17.4 Å². The van der Waals surface area contributed by atoms with Crippen molar-refractivity contribution < 1.29 is 4.79 Å². The van der Waals surface area contributed by atoms with Crippen LogP contribution in [0.3, 0.4) is 0 Å². The van der Waals surface area contributed by atoms with Crippen LogP contribution in [0.5, 0.6) is 0 Å². The van der Waals surface area contributed by atoms with E-state index in [9.17, 15) is 4.79 Å². The minimum atomic E-state index is 0.125. The maximum Gasteiger partial charge on any atom is 0.256 e. The zero-order valence-corrected chi connectivity index (χ0v) is 12.6. The van der Waals surface area contributed by atoms with Crippen LogP contribution in [0.4, 0.5) is 5.69 Å². The van der Waals surface area contributed by atoms with Crippen molar-refractivity contribution in [1.29, 1.82) is 0 Å². The van der Waals surface area contributed by atoms with E-state index >= 15 is 0 Å². The van der Waals surface area contributed by atoms with Gasteiger partial charge >= 0.3 is 0 Å². The Morgan fingerprint density at radius 3 is 2.85 bits per heavy atom. The number of carbonyl (C=O) groups excluding carboxylic acids is 1. The van der Waals surface area contributed by atoms with Crippen molar-refractivity contribution in [2.45, 2.75) is 39.5 Å². The lowest BCUT2D eigenvalue weighted by molar-refractivity contribution is 0.0707. The average Bonchev–Trinajstić information content (AvgIpc) is 2.44. The summed E-state index contributed by atoms with van der Waals surface area (Å²) in [6.45, 7) is 6.69. The molecule has 2 rings (SSSR count). The highest BCUT2D eigenvalue weighted by molar-refractivity contribution is 5.99. The van der Waals surface area contributed by atoms with Gasteiger partial charge in [0.25, 0.3) is 5.91 Å². The smallest absolute Gasteiger partial charge is 0.256 e. The molecule has 0 bridgehead atoms. The molecule has 110 valence electrons. The van der Waals surface area contributed by atoms with Crippen molar-refractivity contribution >= 4 is 11.6 Å². The Morgan fingerprint density at radius 2 is 2.25 bits per heavy atom. The largest absolute Gasteiger partial charge is 0.383 e. The molecule has 0 aliphatic heterocycles.